The molecule has 0 aliphatic rings. The van der Waals surface area contributed by atoms with Gasteiger partial charge in [-0.15, -0.1) is 11.3 Å². The van der Waals surface area contributed by atoms with E-state index in [9.17, 15) is 0 Å². The fraction of sp³-hybridized carbons (Fsp3) is 0.100. The zero-order chi connectivity index (χ0) is 10.1. The average Bonchev–Trinajstić information content (AvgIpc) is 2.54. The van der Waals surface area contributed by atoms with Crippen molar-refractivity contribution in [2.75, 3.05) is 0 Å². The number of halogens is 2. The summed E-state index contributed by atoms with van der Waals surface area (Å²) < 4.78 is 2.14. The largest absolute Gasteiger partial charge is 0.198 e. The molecule has 0 saturated carbocycles. The fourth-order valence-corrected chi connectivity index (χ4v) is 3.47. The van der Waals surface area contributed by atoms with Crippen LogP contribution in [-0.4, -0.2) is 0 Å². The molecular formula is C10H5BrClNS. The van der Waals surface area contributed by atoms with Gasteiger partial charge >= 0.3 is 0 Å². The van der Waals surface area contributed by atoms with Gasteiger partial charge in [0.25, 0.3) is 0 Å². The number of rotatable bonds is 1. The van der Waals surface area contributed by atoms with Crippen LogP contribution in [0.25, 0.3) is 10.1 Å². The van der Waals surface area contributed by atoms with Crippen LogP contribution in [0.5, 0.6) is 0 Å². The Morgan fingerprint density at radius 2 is 2.29 bits per heavy atom. The van der Waals surface area contributed by atoms with E-state index in [0.29, 0.717) is 11.4 Å². The number of hydrogen-bond acceptors (Lipinski definition) is 2. The number of nitriles is 1. The van der Waals surface area contributed by atoms with E-state index in [2.05, 4.69) is 22.0 Å². The number of fused-ring (bicyclic) bond motifs is 1. The van der Waals surface area contributed by atoms with Crippen LogP contribution in [0, 0.1) is 11.3 Å². The normalized spacial score (nSPS) is 10.4. The smallest absolute Gasteiger partial charge is 0.0670 e. The van der Waals surface area contributed by atoms with Gasteiger partial charge in [-0.05, 0) is 27.6 Å². The van der Waals surface area contributed by atoms with Crippen LogP contribution in [0.3, 0.4) is 0 Å². The van der Waals surface area contributed by atoms with Crippen LogP contribution >= 0.6 is 38.9 Å². The minimum atomic E-state index is 0.358. The second-order valence-electron chi connectivity index (χ2n) is 2.83. The predicted octanol–water partition coefficient (Wildman–Crippen LogP) is 4.38. The maximum Gasteiger partial charge on any atom is 0.0670 e. The van der Waals surface area contributed by atoms with Crippen LogP contribution in [0.15, 0.2) is 22.0 Å². The van der Waals surface area contributed by atoms with Crippen molar-refractivity contribution in [3.8, 4) is 6.07 Å². The Morgan fingerprint density at radius 3 is 3.00 bits per heavy atom. The van der Waals surface area contributed by atoms with E-state index in [0.717, 1.165) is 20.1 Å². The lowest BCUT2D eigenvalue weighted by atomic mass is 10.1. The molecule has 0 atom stereocenters. The van der Waals surface area contributed by atoms with E-state index in [4.69, 9.17) is 16.9 Å². The highest BCUT2D eigenvalue weighted by Crippen LogP contribution is 2.37. The van der Waals surface area contributed by atoms with Crippen molar-refractivity contribution < 1.29 is 0 Å². The van der Waals surface area contributed by atoms with Gasteiger partial charge in [0.1, 0.15) is 0 Å². The Hall–Kier alpha value is -0.560. The third-order valence-corrected chi connectivity index (χ3v) is 4.29. The number of hydrogen-bond donors (Lipinski definition) is 0. The third-order valence-electron chi connectivity index (χ3n) is 1.98. The van der Waals surface area contributed by atoms with Crippen LogP contribution in [0.4, 0.5) is 0 Å². The molecule has 2 aromatic rings. The van der Waals surface area contributed by atoms with E-state index in [1.165, 1.54) is 0 Å². The van der Waals surface area contributed by atoms with E-state index < -0.39 is 0 Å². The highest BCUT2D eigenvalue weighted by molar-refractivity contribution is 9.10. The van der Waals surface area contributed by atoms with Gasteiger partial charge in [-0.3, -0.25) is 0 Å². The highest BCUT2D eigenvalue weighted by Gasteiger charge is 2.09. The first kappa shape index (κ1) is 9.97. The first-order chi connectivity index (χ1) is 6.74. The molecule has 1 heterocycles. The summed E-state index contributed by atoms with van der Waals surface area (Å²) in [5.74, 6) is 0. The SMILES string of the molecule is N#CCc1ccc2scc(Br)c2c1Cl. The van der Waals surface area contributed by atoms with Crippen LogP contribution < -0.4 is 0 Å². The van der Waals surface area contributed by atoms with Crippen molar-refractivity contribution in [1.82, 2.24) is 0 Å². The van der Waals surface area contributed by atoms with Gasteiger partial charge in [0.2, 0.25) is 0 Å². The summed E-state index contributed by atoms with van der Waals surface area (Å²) in [5.41, 5.74) is 0.890. The molecule has 1 nitrogen and oxygen atoms in total. The second kappa shape index (κ2) is 3.90. The van der Waals surface area contributed by atoms with E-state index in [1.807, 2.05) is 17.5 Å². The summed E-state index contributed by atoms with van der Waals surface area (Å²) in [6.07, 6.45) is 0.358. The van der Waals surface area contributed by atoms with Gasteiger partial charge in [0, 0.05) is 19.9 Å². The topological polar surface area (TPSA) is 23.8 Å². The molecule has 0 unspecified atom stereocenters. The molecule has 14 heavy (non-hydrogen) atoms. The summed E-state index contributed by atoms with van der Waals surface area (Å²) in [6.45, 7) is 0. The number of nitrogens with zero attached hydrogens (tertiary/aromatic N) is 1. The number of thiophene rings is 1. The molecule has 0 N–H and O–H groups in total. The van der Waals surface area contributed by atoms with E-state index in [1.54, 1.807) is 11.3 Å². The molecule has 0 radical (unpaired) electrons. The summed E-state index contributed by atoms with van der Waals surface area (Å²) in [6, 6.07) is 6.02. The molecule has 0 bridgehead atoms. The standard InChI is InChI=1S/C10H5BrClNS/c11-7-5-14-8-2-1-6(3-4-13)10(12)9(7)8/h1-2,5H,3H2. The van der Waals surface area contributed by atoms with Crippen molar-refractivity contribution in [3.05, 3.63) is 32.6 Å². The molecule has 0 saturated heterocycles. The van der Waals surface area contributed by atoms with E-state index >= 15 is 0 Å². The summed E-state index contributed by atoms with van der Waals surface area (Å²) >= 11 is 11.3. The van der Waals surface area contributed by atoms with Crippen molar-refractivity contribution in [3.63, 3.8) is 0 Å². The first-order valence-electron chi connectivity index (χ1n) is 3.95. The van der Waals surface area contributed by atoms with Gasteiger partial charge in [-0.2, -0.15) is 5.26 Å². The molecule has 70 valence electrons. The second-order valence-corrected chi connectivity index (χ2v) is 4.97. The minimum Gasteiger partial charge on any atom is -0.198 e. The van der Waals surface area contributed by atoms with Gasteiger partial charge in [-0.1, -0.05) is 17.7 Å². The molecule has 1 aromatic carbocycles. The zero-order valence-electron chi connectivity index (χ0n) is 7.05. The molecule has 0 aliphatic carbocycles. The molecule has 0 fully saturated rings. The predicted molar refractivity (Wildman–Crippen MR) is 63.9 cm³/mol. The third kappa shape index (κ3) is 1.54. The number of benzene rings is 1. The Labute approximate surface area is 99.0 Å². The molecule has 0 spiro atoms. The maximum absolute atomic E-state index is 8.62. The fourth-order valence-electron chi connectivity index (χ4n) is 1.32. The van der Waals surface area contributed by atoms with E-state index in [-0.39, 0.29) is 0 Å². The molecule has 4 heteroatoms. The van der Waals surface area contributed by atoms with Crippen LogP contribution in [-0.2, 0) is 6.42 Å². The molecule has 2 rings (SSSR count). The van der Waals surface area contributed by atoms with Crippen molar-refractivity contribution >= 4 is 49.0 Å². The highest BCUT2D eigenvalue weighted by atomic mass is 79.9. The average molecular weight is 287 g/mol. The molecular weight excluding hydrogens is 282 g/mol. The summed E-state index contributed by atoms with van der Waals surface area (Å²) in [5, 5.41) is 12.3. The molecule has 0 amide bonds. The zero-order valence-corrected chi connectivity index (χ0v) is 10.2. The van der Waals surface area contributed by atoms with Crippen LogP contribution in [0.1, 0.15) is 5.56 Å². The van der Waals surface area contributed by atoms with Gasteiger partial charge in [0.15, 0.2) is 0 Å². The first-order valence-corrected chi connectivity index (χ1v) is 6.00. The summed E-state index contributed by atoms with van der Waals surface area (Å²) in [4.78, 5) is 0. The molecule has 1 aromatic heterocycles. The van der Waals surface area contributed by atoms with Gasteiger partial charge in [-0.25, -0.2) is 0 Å². The lowest BCUT2D eigenvalue weighted by molar-refractivity contribution is 1.27. The van der Waals surface area contributed by atoms with Crippen LogP contribution in [0.2, 0.25) is 5.02 Å². The Morgan fingerprint density at radius 1 is 1.50 bits per heavy atom. The van der Waals surface area contributed by atoms with Crippen molar-refractivity contribution in [2.24, 2.45) is 0 Å². The monoisotopic (exact) mass is 285 g/mol. The van der Waals surface area contributed by atoms with Crippen molar-refractivity contribution in [1.29, 1.82) is 5.26 Å². The quantitative estimate of drug-likeness (QED) is 0.763. The minimum absolute atomic E-state index is 0.358. The Balaban J connectivity index is 2.74. The Bertz CT molecular complexity index is 527. The maximum atomic E-state index is 8.62. The Kier molecular flexibility index (Phi) is 2.78. The molecule has 0 aliphatic heterocycles. The van der Waals surface area contributed by atoms with Gasteiger partial charge < -0.3 is 0 Å². The van der Waals surface area contributed by atoms with Crippen molar-refractivity contribution in [2.45, 2.75) is 6.42 Å². The summed E-state index contributed by atoms with van der Waals surface area (Å²) in [7, 11) is 0. The lowest BCUT2D eigenvalue weighted by Gasteiger charge is -2.01. The lowest BCUT2D eigenvalue weighted by Crippen LogP contribution is -1.83. The van der Waals surface area contributed by atoms with Gasteiger partial charge in [0.05, 0.1) is 17.5 Å².